The summed E-state index contributed by atoms with van der Waals surface area (Å²) in [6.45, 7) is 1.96. The van der Waals surface area contributed by atoms with Gasteiger partial charge in [0.1, 0.15) is 5.82 Å². The Bertz CT molecular complexity index is 901. The third-order valence-electron chi connectivity index (χ3n) is 5.30. The predicted molar refractivity (Wildman–Crippen MR) is 110 cm³/mol. The van der Waals surface area contributed by atoms with Crippen LogP contribution in [0.4, 0.5) is 20.5 Å². The summed E-state index contributed by atoms with van der Waals surface area (Å²) < 4.78 is 27.2. The molecule has 0 bridgehead atoms. The third kappa shape index (κ3) is 5.02. The number of aliphatic hydroxyl groups excluding tert-OH is 1. The number of nitrogens with one attached hydrogen (secondary N) is 2. The summed E-state index contributed by atoms with van der Waals surface area (Å²) in [5.74, 6) is -1.61. The summed E-state index contributed by atoms with van der Waals surface area (Å²) in [5, 5.41) is 16.2. The molecule has 162 valence electrons. The number of hydrogen-bond acceptors (Lipinski definition) is 6. The first-order valence-corrected chi connectivity index (χ1v) is 9.96. The summed E-state index contributed by atoms with van der Waals surface area (Å²) in [4.78, 5) is 23.1. The Labute approximate surface area is 174 Å². The SMILES string of the molecule is Cc1cnc(NC2CCC(NC(=O)C(O)c3cccc(F)c3F)CC2)nc1N(C)C. The number of halogens is 2. The van der Waals surface area contributed by atoms with E-state index in [1.807, 2.05) is 25.9 Å². The van der Waals surface area contributed by atoms with Gasteiger partial charge in [-0.2, -0.15) is 4.98 Å². The molecule has 9 heteroatoms. The van der Waals surface area contributed by atoms with Crippen molar-refractivity contribution in [3.63, 3.8) is 0 Å². The molecular weight excluding hydrogens is 392 g/mol. The molecule has 30 heavy (non-hydrogen) atoms. The van der Waals surface area contributed by atoms with E-state index in [1.165, 1.54) is 12.1 Å². The van der Waals surface area contributed by atoms with Gasteiger partial charge < -0.3 is 20.6 Å². The number of carbonyl (C=O) groups excluding carboxylic acids is 1. The standard InChI is InChI=1S/C21H27F2N5O2/c1-12-11-24-21(27-19(12)28(2)3)26-14-9-7-13(8-10-14)25-20(30)18(29)15-5-4-6-16(22)17(15)23/h4-6,11,13-14,18,29H,7-10H2,1-3H3,(H,25,30)(H,24,26,27). The smallest absolute Gasteiger partial charge is 0.253 e. The predicted octanol–water partition coefficient (Wildman–Crippen LogP) is 2.70. The fourth-order valence-electron chi connectivity index (χ4n) is 3.67. The van der Waals surface area contributed by atoms with Gasteiger partial charge in [0.2, 0.25) is 5.95 Å². The maximum absolute atomic E-state index is 13.8. The zero-order valence-electron chi connectivity index (χ0n) is 17.3. The molecule has 1 aromatic carbocycles. The van der Waals surface area contributed by atoms with Crippen molar-refractivity contribution in [3.05, 3.63) is 47.2 Å². The number of anilines is 2. The van der Waals surface area contributed by atoms with Gasteiger partial charge in [-0.1, -0.05) is 12.1 Å². The largest absolute Gasteiger partial charge is 0.378 e. The van der Waals surface area contributed by atoms with Crippen molar-refractivity contribution in [1.82, 2.24) is 15.3 Å². The van der Waals surface area contributed by atoms with Crippen LogP contribution < -0.4 is 15.5 Å². The van der Waals surface area contributed by atoms with Gasteiger partial charge in [-0.05, 0) is 38.7 Å². The van der Waals surface area contributed by atoms with E-state index in [0.717, 1.165) is 30.3 Å². The van der Waals surface area contributed by atoms with Gasteiger partial charge in [0.05, 0.1) is 0 Å². The molecule has 1 aromatic heterocycles. The highest BCUT2D eigenvalue weighted by atomic mass is 19.2. The Morgan fingerprint density at radius 1 is 1.20 bits per heavy atom. The average molecular weight is 419 g/mol. The number of aryl methyl sites for hydroxylation is 1. The third-order valence-corrected chi connectivity index (χ3v) is 5.30. The second kappa shape index (κ2) is 9.34. The van der Waals surface area contributed by atoms with Crippen molar-refractivity contribution >= 4 is 17.7 Å². The van der Waals surface area contributed by atoms with Crippen LogP contribution in [0.15, 0.2) is 24.4 Å². The minimum Gasteiger partial charge on any atom is -0.378 e. The van der Waals surface area contributed by atoms with Crippen molar-refractivity contribution < 1.29 is 18.7 Å². The van der Waals surface area contributed by atoms with E-state index >= 15 is 0 Å². The van der Waals surface area contributed by atoms with Gasteiger partial charge in [0, 0.05) is 43.5 Å². The van der Waals surface area contributed by atoms with E-state index in [4.69, 9.17) is 0 Å². The molecule has 1 unspecified atom stereocenters. The van der Waals surface area contributed by atoms with Crippen LogP contribution in [0, 0.1) is 18.6 Å². The van der Waals surface area contributed by atoms with Crippen molar-refractivity contribution in [2.45, 2.75) is 50.8 Å². The van der Waals surface area contributed by atoms with Crippen LogP contribution in [0.3, 0.4) is 0 Å². The Kier molecular flexibility index (Phi) is 6.81. The van der Waals surface area contributed by atoms with E-state index in [1.54, 1.807) is 6.20 Å². The molecule has 1 heterocycles. The van der Waals surface area contributed by atoms with Crippen LogP contribution in [0.25, 0.3) is 0 Å². The number of carbonyl (C=O) groups is 1. The lowest BCUT2D eigenvalue weighted by Crippen LogP contribution is -2.42. The van der Waals surface area contributed by atoms with Gasteiger partial charge in [-0.15, -0.1) is 0 Å². The van der Waals surface area contributed by atoms with E-state index in [9.17, 15) is 18.7 Å². The molecule has 0 aliphatic heterocycles. The highest BCUT2D eigenvalue weighted by molar-refractivity contribution is 5.82. The van der Waals surface area contributed by atoms with Crippen molar-refractivity contribution in [1.29, 1.82) is 0 Å². The molecule has 3 rings (SSSR count). The van der Waals surface area contributed by atoms with E-state index in [2.05, 4.69) is 20.6 Å². The molecule has 2 aromatic rings. The quantitative estimate of drug-likeness (QED) is 0.667. The summed E-state index contributed by atoms with van der Waals surface area (Å²) in [6.07, 6.45) is 2.97. The Hall–Kier alpha value is -2.81. The van der Waals surface area contributed by atoms with Crippen molar-refractivity contribution in [3.8, 4) is 0 Å². The van der Waals surface area contributed by atoms with Crippen LogP contribution in [0.5, 0.6) is 0 Å². The fraction of sp³-hybridized carbons (Fsp3) is 0.476. The van der Waals surface area contributed by atoms with Gasteiger partial charge >= 0.3 is 0 Å². The molecular formula is C21H27F2N5O2. The topological polar surface area (TPSA) is 90.4 Å². The average Bonchev–Trinajstić information content (AvgIpc) is 2.72. The molecule has 7 nitrogen and oxygen atoms in total. The summed E-state index contributed by atoms with van der Waals surface area (Å²) in [6, 6.07) is 3.43. The first kappa shape index (κ1) is 21.9. The Balaban J connectivity index is 1.53. The lowest BCUT2D eigenvalue weighted by molar-refractivity contribution is -0.130. The number of aromatic nitrogens is 2. The minimum absolute atomic E-state index is 0.141. The number of rotatable bonds is 6. The van der Waals surface area contributed by atoms with Gasteiger partial charge in [-0.25, -0.2) is 13.8 Å². The second-order valence-electron chi connectivity index (χ2n) is 7.84. The zero-order chi connectivity index (χ0) is 21.8. The second-order valence-corrected chi connectivity index (χ2v) is 7.84. The minimum atomic E-state index is -1.75. The molecule has 1 aliphatic carbocycles. The summed E-state index contributed by atoms with van der Waals surface area (Å²) in [5.41, 5.74) is 0.626. The molecule has 1 atom stereocenters. The van der Waals surface area contributed by atoms with Gasteiger partial charge in [-0.3, -0.25) is 4.79 Å². The number of nitrogens with zero attached hydrogens (tertiary/aromatic N) is 3. The first-order valence-electron chi connectivity index (χ1n) is 9.96. The molecule has 0 saturated heterocycles. The maximum Gasteiger partial charge on any atom is 0.253 e. The molecule has 1 fully saturated rings. The van der Waals surface area contributed by atoms with Crippen LogP contribution in [0.2, 0.25) is 0 Å². The number of benzene rings is 1. The van der Waals surface area contributed by atoms with Crippen molar-refractivity contribution in [2.75, 3.05) is 24.3 Å². The normalized spacial score (nSPS) is 19.8. The number of hydrogen-bond donors (Lipinski definition) is 3. The zero-order valence-corrected chi connectivity index (χ0v) is 17.3. The number of amides is 1. The van der Waals surface area contributed by atoms with Crippen molar-refractivity contribution in [2.24, 2.45) is 0 Å². The molecule has 1 saturated carbocycles. The Morgan fingerprint density at radius 3 is 2.53 bits per heavy atom. The highest BCUT2D eigenvalue weighted by Crippen LogP contribution is 2.24. The Morgan fingerprint density at radius 2 is 1.87 bits per heavy atom. The van der Waals surface area contributed by atoms with Crippen LogP contribution >= 0.6 is 0 Å². The molecule has 0 radical (unpaired) electrons. The van der Waals surface area contributed by atoms with E-state index in [-0.39, 0.29) is 17.6 Å². The lowest BCUT2D eigenvalue weighted by atomic mass is 9.91. The maximum atomic E-state index is 13.8. The molecule has 3 N–H and O–H groups in total. The number of aliphatic hydroxyl groups is 1. The summed E-state index contributed by atoms with van der Waals surface area (Å²) >= 11 is 0. The lowest BCUT2D eigenvalue weighted by Gasteiger charge is -2.30. The van der Waals surface area contributed by atoms with E-state index < -0.39 is 23.6 Å². The monoisotopic (exact) mass is 419 g/mol. The first-order chi connectivity index (χ1) is 14.3. The molecule has 1 aliphatic rings. The summed E-state index contributed by atoms with van der Waals surface area (Å²) in [7, 11) is 3.86. The van der Waals surface area contributed by atoms with Crippen LogP contribution in [-0.4, -0.2) is 47.2 Å². The van der Waals surface area contributed by atoms with E-state index in [0.29, 0.717) is 18.8 Å². The fourth-order valence-corrected chi connectivity index (χ4v) is 3.67. The van der Waals surface area contributed by atoms with Gasteiger partial charge in [0.25, 0.3) is 5.91 Å². The van der Waals surface area contributed by atoms with Gasteiger partial charge in [0.15, 0.2) is 17.7 Å². The van der Waals surface area contributed by atoms with Crippen LogP contribution in [0.1, 0.15) is 42.9 Å². The molecule has 1 amide bonds. The molecule has 0 spiro atoms. The highest BCUT2D eigenvalue weighted by Gasteiger charge is 2.27. The van der Waals surface area contributed by atoms with Crippen LogP contribution in [-0.2, 0) is 4.79 Å².